The van der Waals surface area contributed by atoms with Gasteiger partial charge in [0.2, 0.25) is 11.6 Å². The molecular weight excluding hydrogens is 228 g/mol. The molecule has 0 aliphatic carbocycles. The Bertz CT molecular complexity index is 381. The molecule has 1 saturated heterocycles. The molecule has 1 aliphatic heterocycles. The van der Waals surface area contributed by atoms with Crippen LogP contribution in [0.2, 0.25) is 0 Å². The van der Waals surface area contributed by atoms with Crippen LogP contribution in [0.25, 0.3) is 0 Å². The molecule has 0 amide bonds. The van der Waals surface area contributed by atoms with Gasteiger partial charge in [0.05, 0.1) is 13.2 Å². The molecule has 0 saturated carbocycles. The molecule has 0 spiro atoms. The van der Waals surface area contributed by atoms with Gasteiger partial charge in [-0.3, -0.25) is 0 Å². The summed E-state index contributed by atoms with van der Waals surface area (Å²) in [6, 6.07) is 0. The second-order valence-corrected chi connectivity index (χ2v) is 3.27. The number of hydrogen-bond donors (Lipinski definition) is 0. The summed E-state index contributed by atoms with van der Waals surface area (Å²) in [7, 11) is 0. The monoisotopic (exact) mass is 236 g/mol. The van der Waals surface area contributed by atoms with Crippen molar-refractivity contribution >= 4 is 5.69 Å². The average Bonchev–Trinajstić information content (AvgIpc) is 2.28. The number of morpholine rings is 1. The first kappa shape index (κ1) is 11.1. The maximum absolute atomic E-state index is 13.3. The molecule has 1 aromatic heterocycles. The maximum Gasteiger partial charge on any atom is 0.253 e. The number of pyridine rings is 1. The highest BCUT2D eigenvalue weighted by atomic mass is 19.2. The van der Waals surface area contributed by atoms with Gasteiger partial charge in [-0.15, -0.1) is 0 Å². The van der Waals surface area contributed by atoms with Crippen molar-refractivity contribution in [3.63, 3.8) is 0 Å². The van der Waals surface area contributed by atoms with E-state index in [0.29, 0.717) is 0 Å². The van der Waals surface area contributed by atoms with Gasteiger partial charge in [-0.1, -0.05) is 0 Å². The molecule has 88 valence electrons. The Hall–Kier alpha value is -1.37. The third-order valence-electron chi connectivity index (χ3n) is 2.30. The van der Waals surface area contributed by atoms with Gasteiger partial charge in [0, 0.05) is 13.1 Å². The Balaban J connectivity index is 2.45. The Morgan fingerprint density at radius 3 is 1.94 bits per heavy atom. The third-order valence-corrected chi connectivity index (χ3v) is 2.30. The summed E-state index contributed by atoms with van der Waals surface area (Å²) in [4.78, 5) is 3.68. The van der Waals surface area contributed by atoms with Crippen LogP contribution >= 0.6 is 0 Å². The quantitative estimate of drug-likeness (QED) is 0.545. The minimum absolute atomic E-state index is 0.177. The number of aromatic nitrogens is 1. The number of anilines is 1. The second-order valence-electron chi connectivity index (χ2n) is 3.27. The van der Waals surface area contributed by atoms with Crippen molar-refractivity contribution in [2.45, 2.75) is 0 Å². The smallest absolute Gasteiger partial charge is 0.253 e. The molecule has 0 aromatic carbocycles. The van der Waals surface area contributed by atoms with E-state index < -0.39 is 29.2 Å². The number of hydrogen-bond acceptors (Lipinski definition) is 3. The highest BCUT2D eigenvalue weighted by Crippen LogP contribution is 2.26. The number of nitrogens with zero attached hydrogens (tertiary/aromatic N) is 2. The Morgan fingerprint density at radius 2 is 1.44 bits per heavy atom. The summed E-state index contributed by atoms with van der Waals surface area (Å²) >= 11 is 0. The normalized spacial score (nSPS) is 16.6. The fourth-order valence-electron chi connectivity index (χ4n) is 1.54. The van der Waals surface area contributed by atoms with Gasteiger partial charge in [-0.05, 0) is 0 Å². The molecular formula is C9H8F4N2O. The lowest BCUT2D eigenvalue weighted by Crippen LogP contribution is -2.37. The van der Waals surface area contributed by atoms with E-state index in [4.69, 9.17) is 4.74 Å². The fourth-order valence-corrected chi connectivity index (χ4v) is 1.54. The summed E-state index contributed by atoms with van der Waals surface area (Å²) in [5, 5.41) is 0. The van der Waals surface area contributed by atoms with Crippen molar-refractivity contribution in [2.75, 3.05) is 31.2 Å². The zero-order chi connectivity index (χ0) is 11.7. The van der Waals surface area contributed by atoms with E-state index in [2.05, 4.69) is 4.98 Å². The van der Waals surface area contributed by atoms with E-state index >= 15 is 0 Å². The minimum Gasteiger partial charge on any atom is -0.378 e. The Morgan fingerprint density at radius 1 is 0.938 bits per heavy atom. The van der Waals surface area contributed by atoms with E-state index in [0.717, 1.165) is 0 Å². The van der Waals surface area contributed by atoms with Crippen molar-refractivity contribution in [3.05, 3.63) is 23.5 Å². The highest BCUT2D eigenvalue weighted by Gasteiger charge is 2.26. The average molecular weight is 236 g/mol. The minimum atomic E-state index is -1.64. The van der Waals surface area contributed by atoms with Crippen LogP contribution in [0.1, 0.15) is 0 Å². The van der Waals surface area contributed by atoms with Gasteiger partial charge in [-0.25, -0.2) is 0 Å². The van der Waals surface area contributed by atoms with Gasteiger partial charge in [0.15, 0.2) is 0 Å². The fraction of sp³-hybridized carbons (Fsp3) is 0.444. The molecule has 3 nitrogen and oxygen atoms in total. The Kier molecular flexibility index (Phi) is 2.95. The molecule has 1 aliphatic rings. The number of ether oxygens (including phenoxy) is 1. The van der Waals surface area contributed by atoms with Gasteiger partial charge in [0.1, 0.15) is 5.69 Å². The van der Waals surface area contributed by atoms with E-state index in [1.165, 1.54) is 4.90 Å². The van der Waals surface area contributed by atoms with Crippen LogP contribution in [-0.4, -0.2) is 31.3 Å². The first-order chi connectivity index (χ1) is 7.61. The van der Waals surface area contributed by atoms with Crippen LogP contribution in [0, 0.1) is 23.5 Å². The van der Waals surface area contributed by atoms with Crippen molar-refractivity contribution in [1.29, 1.82) is 0 Å². The molecule has 2 rings (SSSR count). The van der Waals surface area contributed by atoms with E-state index in [1.54, 1.807) is 0 Å². The summed E-state index contributed by atoms with van der Waals surface area (Å²) in [6.45, 7) is 0.863. The summed E-state index contributed by atoms with van der Waals surface area (Å²) in [5.74, 6) is -6.22. The first-order valence-corrected chi connectivity index (χ1v) is 4.64. The van der Waals surface area contributed by atoms with Crippen LogP contribution in [0.5, 0.6) is 0 Å². The summed E-state index contributed by atoms with van der Waals surface area (Å²) in [5.41, 5.74) is -0.715. The Labute approximate surface area is 88.6 Å². The number of halogens is 4. The molecule has 2 heterocycles. The molecule has 1 fully saturated rings. The summed E-state index contributed by atoms with van der Waals surface area (Å²) in [6.07, 6.45) is 0. The highest BCUT2D eigenvalue weighted by molar-refractivity contribution is 5.48. The molecule has 0 N–H and O–H groups in total. The molecule has 0 atom stereocenters. The van der Waals surface area contributed by atoms with Crippen molar-refractivity contribution in [2.24, 2.45) is 0 Å². The van der Waals surface area contributed by atoms with E-state index in [1.807, 2.05) is 0 Å². The predicted molar refractivity (Wildman–Crippen MR) is 47.1 cm³/mol. The summed E-state index contributed by atoms with van der Waals surface area (Å²) < 4.78 is 57.2. The zero-order valence-electron chi connectivity index (χ0n) is 8.14. The van der Waals surface area contributed by atoms with Crippen molar-refractivity contribution in [3.8, 4) is 0 Å². The lowest BCUT2D eigenvalue weighted by molar-refractivity contribution is 0.122. The van der Waals surface area contributed by atoms with Crippen LogP contribution in [-0.2, 0) is 4.74 Å². The van der Waals surface area contributed by atoms with E-state index in [9.17, 15) is 17.6 Å². The second kappa shape index (κ2) is 4.25. The third kappa shape index (κ3) is 1.82. The SMILES string of the molecule is Fc1nc(F)c(F)c(N2CCOCC2)c1F. The van der Waals surface area contributed by atoms with Crippen LogP contribution in [0.3, 0.4) is 0 Å². The van der Waals surface area contributed by atoms with Gasteiger partial charge in [-0.2, -0.15) is 22.5 Å². The van der Waals surface area contributed by atoms with Crippen LogP contribution in [0.15, 0.2) is 0 Å². The van der Waals surface area contributed by atoms with E-state index in [-0.39, 0.29) is 26.3 Å². The van der Waals surface area contributed by atoms with Gasteiger partial charge >= 0.3 is 0 Å². The molecule has 0 unspecified atom stereocenters. The van der Waals surface area contributed by atoms with Crippen molar-refractivity contribution in [1.82, 2.24) is 4.98 Å². The van der Waals surface area contributed by atoms with Crippen LogP contribution < -0.4 is 4.90 Å². The van der Waals surface area contributed by atoms with Crippen molar-refractivity contribution < 1.29 is 22.3 Å². The predicted octanol–water partition coefficient (Wildman–Crippen LogP) is 1.47. The topological polar surface area (TPSA) is 25.4 Å². The van der Waals surface area contributed by atoms with Crippen LogP contribution in [0.4, 0.5) is 23.2 Å². The molecule has 0 radical (unpaired) electrons. The molecule has 0 bridgehead atoms. The van der Waals surface area contributed by atoms with Gasteiger partial charge in [0.25, 0.3) is 11.9 Å². The number of rotatable bonds is 1. The first-order valence-electron chi connectivity index (χ1n) is 4.64. The standard InChI is InChI=1S/C9H8F4N2O/c10-5-7(15-1-3-16-4-2-15)6(11)9(13)14-8(5)12/h1-4H2. The molecule has 16 heavy (non-hydrogen) atoms. The lowest BCUT2D eigenvalue weighted by atomic mass is 10.3. The zero-order valence-corrected chi connectivity index (χ0v) is 8.14. The molecule has 1 aromatic rings. The maximum atomic E-state index is 13.3. The largest absolute Gasteiger partial charge is 0.378 e. The lowest BCUT2D eigenvalue weighted by Gasteiger charge is -2.29. The molecule has 7 heteroatoms. The van der Waals surface area contributed by atoms with Gasteiger partial charge < -0.3 is 9.64 Å².